The van der Waals surface area contributed by atoms with Crippen molar-refractivity contribution in [3.05, 3.63) is 90.0 Å². The SMILES string of the molecule is O=C(CS(=O)(=O)CCCc1ccccc1)Nc1ccccc1N1CCc2ccccc21. The van der Waals surface area contributed by atoms with Gasteiger partial charge in [0.25, 0.3) is 0 Å². The van der Waals surface area contributed by atoms with Crippen LogP contribution >= 0.6 is 0 Å². The van der Waals surface area contributed by atoms with E-state index in [-0.39, 0.29) is 5.75 Å². The summed E-state index contributed by atoms with van der Waals surface area (Å²) in [6.45, 7) is 0.823. The molecule has 160 valence electrons. The molecule has 1 amide bonds. The van der Waals surface area contributed by atoms with Gasteiger partial charge in [0.05, 0.1) is 17.1 Å². The van der Waals surface area contributed by atoms with Crippen LogP contribution in [0, 0.1) is 0 Å². The Kier molecular flexibility index (Phi) is 6.37. The summed E-state index contributed by atoms with van der Waals surface area (Å²) in [5.41, 5.74) is 5.00. The van der Waals surface area contributed by atoms with Gasteiger partial charge in [0.15, 0.2) is 9.84 Å². The lowest BCUT2D eigenvalue weighted by Gasteiger charge is -2.23. The van der Waals surface area contributed by atoms with Crippen LogP contribution in [0.4, 0.5) is 17.1 Å². The van der Waals surface area contributed by atoms with Gasteiger partial charge in [-0.15, -0.1) is 0 Å². The molecule has 3 aromatic rings. The van der Waals surface area contributed by atoms with E-state index in [0.29, 0.717) is 18.5 Å². The molecule has 0 fully saturated rings. The molecular formula is C25H26N2O3S. The number of fused-ring (bicyclic) bond motifs is 1. The highest BCUT2D eigenvalue weighted by Crippen LogP contribution is 2.38. The molecule has 1 N–H and O–H groups in total. The molecule has 3 aromatic carbocycles. The zero-order valence-electron chi connectivity index (χ0n) is 17.3. The minimum Gasteiger partial charge on any atom is -0.339 e. The second-order valence-corrected chi connectivity index (χ2v) is 9.96. The Bertz CT molecular complexity index is 1160. The molecule has 1 aliphatic heterocycles. The second kappa shape index (κ2) is 9.35. The van der Waals surface area contributed by atoms with Crippen molar-refractivity contribution in [2.45, 2.75) is 19.3 Å². The maximum Gasteiger partial charge on any atom is 0.239 e. The lowest BCUT2D eigenvalue weighted by molar-refractivity contribution is -0.113. The molecule has 0 bridgehead atoms. The van der Waals surface area contributed by atoms with E-state index < -0.39 is 21.5 Å². The first-order chi connectivity index (χ1) is 15.0. The first kappa shape index (κ1) is 21.1. The van der Waals surface area contributed by atoms with Crippen molar-refractivity contribution in [1.29, 1.82) is 0 Å². The van der Waals surface area contributed by atoms with Gasteiger partial charge in [-0.2, -0.15) is 0 Å². The van der Waals surface area contributed by atoms with E-state index in [0.717, 1.165) is 29.9 Å². The van der Waals surface area contributed by atoms with Crippen molar-refractivity contribution in [2.75, 3.05) is 28.3 Å². The molecule has 0 saturated heterocycles. The van der Waals surface area contributed by atoms with E-state index in [4.69, 9.17) is 0 Å². The molecule has 6 heteroatoms. The minimum atomic E-state index is -3.48. The van der Waals surface area contributed by atoms with Crippen LogP contribution < -0.4 is 10.2 Å². The van der Waals surface area contributed by atoms with Crippen LogP contribution in [0.3, 0.4) is 0 Å². The lowest BCUT2D eigenvalue weighted by Crippen LogP contribution is -2.26. The molecule has 1 aliphatic rings. The van der Waals surface area contributed by atoms with Crippen molar-refractivity contribution in [1.82, 2.24) is 0 Å². The normalized spacial score (nSPS) is 13.1. The number of carbonyl (C=O) groups is 1. The van der Waals surface area contributed by atoms with Crippen LogP contribution in [0.5, 0.6) is 0 Å². The van der Waals surface area contributed by atoms with Gasteiger partial charge in [-0.25, -0.2) is 8.42 Å². The van der Waals surface area contributed by atoms with Crippen molar-refractivity contribution < 1.29 is 13.2 Å². The Morgan fingerprint density at radius 2 is 1.55 bits per heavy atom. The molecule has 0 radical (unpaired) electrons. The van der Waals surface area contributed by atoms with Crippen molar-refractivity contribution in [2.24, 2.45) is 0 Å². The van der Waals surface area contributed by atoms with Gasteiger partial charge in [0.2, 0.25) is 5.91 Å². The van der Waals surface area contributed by atoms with Gasteiger partial charge < -0.3 is 10.2 Å². The van der Waals surface area contributed by atoms with Crippen molar-refractivity contribution >= 4 is 32.8 Å². The first-order valence-corrected chi connectivity index (χ1v) is 12.3. The van der Waals surface area contributed by atoms with Crippen LogP contribution in [0.2, 0.25) is 0 Å². The van der Waals surface area contributed by atoms with Gasteiger partial charge in [0.1, 0.15) is 5.75 Å². The zero-order chi connectivity index (χ0) is 21.7. The molecule has 1 heterocycles. The maximum absolute atomic E-state index is 12.6. The van der Waals surface area contributed by atoms with Gasteiger partial charge in [-0.1, -0.05) is 60.7 Å². The molecule has 0 aromatic heterocycles. The minimum absolute atomic E-state index is 0.00351. The number of aryl methyl sites for hydroxylation is 1. The number of nitrogens with zero attached hydrogens (tertiary/aromatic N) is 1. The number of nitrogens with one attached hydrogen (secondary N) is 1. The Hall–Kier alpha value is -3.12. The number of benzene rings is 3. The molecule has 0 saturated carbocycles. The summed E-state index contributed by atoms with van der Waals surface area (Å²) in [6, 6.07) is 25.5. The summed E-state index contributed by atoms with van der Waals surface area (Å²) in [7, 11) is -3.48. The number of para-hydroxylation sites is 3. The topological polar surface area (TPSA) is 66.5 Å². The van der Waals surface area contributed by atoms with Crippen molar-refractivity contribution in [3.8, 4) is 0 Å². The Balaban J connectivity index is 1.39. The second-order valence-electron chi connectivity index (χ2n) is 7.78. The van der Waals surface area contributed by atoms with Gasteiger partial charge in [-0.3, -0.25) is 4.79 Å². The summed E-state index contributed by atoms with van der Waals surface area (Å²) in [5.74, 6) is -1.01. The molecule has 0 atom stereocenters. The third-order valence-electron chi connectivity index (χ3n) is 5.47. The molecule has 0 aliphatic carbocycles. The van der Waals surface area contributed by atoms with E-state index in [1.54, 1.807) is 0 Å². The van der Waals surface area contributed by atoms with Gasteiger partial charge in [0, 0.05) is 12.2 Å². The van der Waals surface area contributed by atoms with Crippen LogP contribution in [-0.2, 0) is 27.5 Å². The smallest absolute Gasteiger partial charge is 0.239 e. The molecule has 0 unspecified atom stereocenters. The van der Waals surface area contributed by atoms with Crippen LogP contribution in [-0.4, -0.2) is 32.4 Å². The van der Waals surface area contributed by atoms with E-state index in [1.807, 2.05) is 66.7 Å². The summed E-state index contributed by atoms with van der Waals surface area (Å²) in [4.78, 5) is 14.7. The summed E-state index contributed by atoms with van der Waals surface area (Å²) in [5, 5.41) is 2.82. The molecular weight excluding hydrogens is 408 g/mol. The van der Waals surface area contributed by atoms with Crippen LogP contribution in [0.25, 0.3) is 0 Å². The monoisotopic (exact) mass is 434 g/mol. The van der Waals surface area contributed by atoms with Crippen LogP contribution in [0.15, 0.2) is 78.9 Å². The fourth-order valence-electron chi connectivity index (χ4n) is 4.00. The third kappa shape index (κ3) is 5.33. The maximum atomic E-state index is 12.6. The standard InChI is InChI=1S/C25H26N2O3S/c28-25(19-31(29,30)18-8-11-20-9-2-1-3-10-20)26-22-13-5-7-15-24(22)27-17-16-21-12-4-6-14-23(21)27/h1-7,9-10,12-15H,8,11,16-19H2,(H,26,28). The number of anilines is 3. The molecule has 0 spiro atoms. The average Bonchev–Trinajstić information content (AvgIpc) is 3.18. The fraction of sp³-hybridized carbons (Fsp3) is 0.240. The van der Waals surface area contributed by atoms with E-state index >= 15 is 0 Å². The number of amides is 1. The number of hydrogen-bond donors (Lipinski definition) is 1. The Morgan fingerprint density at radius 3 is 2.35 bits per heavy atom. The number of rotatable bonds is 8. The van der Waals surface area contributed by atoms with Gasteiger partial charge >= 0.3 is 0 Å². The van der Waals surface area contributed by atoms with E-state index in [9.17, 15) is 13.2 Å². The highest BCUT2D eigenvalue weighted by atomic mass is 32.2. The predicted octanol–water partition coefficient (Wildman–Crippen LogP) is 4.37. The summed E-state index contributed by atoms with van der Waals surface area (Å²) in [6.07, 6.45) is 2.12. The van der Waals surface area contributed by atoms with Gasteiger partial charge in [-0.05, 0) is 48.6 Å². The molecule has 31 heavy (non-hydrogen) atoms. The quantitative estimate of drug-likeness (QED) is 0.572. The third-order valence-corrected chi connectivity index (χ3v) is 7.08. The lowest BCUT2D eigenvalue weighted by atomic mass is 10.1. The summed E-state index contributed by atoms with van der Waals surface area (Å²) >= 11 is 0. The van der Waals surface area contributed by atoms with Crippen molar-refractivity contribution in [3.63, 3.8) is 0 Å². The highest BCUT2D eigenvalue weighted by molar-refractivity contribution is 7.92. The zero-order valence-corrected chi connectivity index (χ0v) is 18.1. The number of sulfone groups is 1. The van der Waals surface area contributed by atoms with E-state index in [1.165, 1.54) is 5.56 Å². The Labute approximate surface area is 183 Å². The highest BCUT2D eigenvalue weighted by Gasteiger charge is 2.23. The molecule has 5 nitrogen and oxygen atoms in total. The van der Waals surface area contributed by atoms with Crippen LogP contribution in [0.1, 0.15) is 17.5 Å². The predicted molar refractivity (Wildman–Crippen MR) is 126 cm³/mol. The first-order valence-electron chi connectivity index (χ1n) is 10.5. The fourth-order valence-corrected chi connectivity index (χ4v) is 5.20. The number of hydrogen-bond acceptors (Lipinski definition) is 4. The van der Waals surface area contributed by atoms with E-state index in [2.05, 4.69) is 22.3 Å². The average molecular weight is 435 g/mol. The summed E-state index contributed by atoms with van der Waals surface area (Å²) < 4.78 is 24.9. The Morgan fingerprint density at radius 1 is 0.871 bits per heavy atom. The number of carbonyl (C=O) groups excluding carboxylic acids is 1. The largest absolute Gasteiger partial charge is 0.339 e. The molecule has 4 rings (SSSR count).